The summed E-state index contributed by atoms with van der Waals surface area (Å²) in [7, 11) is 1.60. The Labute approximate surface area is 163 Å². The summed E-state index contributed by atoms with van der Waals surface area (Å²) in [6.45, 7) is 3.10. The van der Waals surface area contributed by atoms with Crippen molar-refractivity contribution in [2.75, 3.05) is 18.5 Å². The summed E-state index contributed by atoms with van der Waals surface area (Å²) in [5, 5.41) is 0. The van der Waals surface area contributed by atoms with Crippen LogP contribution < -0.4 is 4.90 Å². The van der Waals surface area contributed by atoms with Crippen molar-refractivity contribution in [1.29, 1.82) is 0 Å². The fraction of sp³-hybridized carbons (Fsp3) is 0.286. The molecule has 2 aromatic rings. The summed E-state index contributed by atoms with van der Waals surface area (Å²) in [6, 6.07) is 13.2. The number of carbonyl (C=O) groups excluding carboxylic acids is 3. The predicted octanol–water partition coefficient (Wildman–Crippen LogP) is 3.20. The summed E-state index contributed by atoms with van der Waals surface area (Å²) >= 11 is 0. The van der Waals surface area contributed by atoms with Crippen LogP contribution in [0.3, 0.4) is 0 Å². The van der Waals surface area contributed by atoms with Gasteiger partial charge in [0.15, 0.2) is 0 Å². The molecule has 0 saturated carbocycles. The lowest BCUT2D eigenvalue weighted by atomic mass is 10.1. The van der Waals surface area contributed by atoms with Crippen LogP contribution in [-0.4, -0.2) is 47.3 Å². The molecule has 4 amide bonds. The molecule has 0 aromatic heterocycles. The minimum atomic E-state index is -0.678. The average molecular weight is 383 g/mol. The molecule has 0 aliphatic carbocycles. The summed E-state index contributed by atoms with van der Waals surface area (Å²) in [4.78, 5) is 41.9. The number of amides is 4. The van der Waals surface area contributed by atoms with E-state index >= 15 is 0 Å². The predicted molar refractivity (Wildman–Crippen MR) is 103 cm³/mol. The molecule has 0 spiro atoms. The lowest BCUT2D eigenvalue weighted by Gasteiger charge is -2.27. The topological polar surface area (TPSA) is 60.9 Å². The zero-order valence-corrected chi connectivity index (χ0v) is 16.0. The highest BCUT2D eigenvalue weighted by atomic mass is 19.1. The first kappa shape index (κ1) is 19.5. The van der Waals surface area contributed by atoms with E-state index in [1.807, 2.05) is 6.07 Å². The zero-order chi connectivity index (χ0) is 20.4. The maximum Gasteiger partial charge on any atom is 0.332 e. The van der Waals surface area contributed by atoms with E-state index in [0.29, 0.717) is 5.69 Å². The number of carbonyl (C=O) groups is 3. The molecule has 28 heavy (non-hydrogen) atoms. The molecule has 1 fully saturated rings. The Morgan fingerprint density at radius 1 is 1.11 bits per heavy atom. The van der Waals surface area contributed by atoms with Gasteiger partial charge in [0.2, 0.25) is 5.91 Å². The van der Waals surface area contributed by atoms with Crippen LogP contribution in [0.4, 0.5) is 14.9 Å². The van der Waals surface area contributed by atoms with Gasteiger partial charge in [0.1, 0.15) is 18.4 Å². The highest BCUT2D eigenvalue weighted by molar-refractivity contribution is 6.15. The second kappa shape index (κ2) is 7.80. The summed E-state index contributed by atoms with van der Waals surface area (Å²) < 4.78 is 13.1. The smallest absolute Gasteiger partial charge is 0.332 e. The number of imide groups is 1. The van der Waals surface area contributed by atoms with Crippen molar-refractivity contribution < 1.29 is 18.8 Å². The Balaban J connectivity index is 1.73. The van der Waals surface area contributed by atoms with Crippen molar-refractivity contribution in [2.45, 2.75) is 25.9 Å². The third kappa shape index (κ3) is 3.60. The Morgan fingerprint density at radius 3 is 2.32 bits per heavy atom. The number of nitrogens with zero attached hydrogens (tertiary/aromatic N) is 3. The average Bonchev–Trinajstić information content (AvgIpc) is 2.91. The summed E-state index contributed by atoms with van der Waals surface area (Å²) in [5.74, 6) is -1.14. The van der Waals surface area contributed by atoms with Gasteiger partial charge in [-0.25, -0.2) is 9.18 Å². The van der Waals surface area contributed by atoms with Crippen LogP contribution in [0.1, 0.15) is 25.5 Å². The summed E-state index contributed by atoms with van der Waals surface area (Å²) in [6.07, 6.45) is 0. The Bertz CT molecular complexity index is 886. The number of urea groups is 1. The van der Waals surface area contributed by atoms with E-state index < -0.39 is 18.0 Å². The second-order valence-corrected chi connectivity index (χ2v) is 6.82. The number of likely N-dealkylation sites (N-methyl/N-ethyl adjacent to an activating group) is 1. The fourth-order valence-corrected chi connectivity index (χ4v) is 3.22. The molecule has 0 bridgehead atoms. The molecule has 2 atom stereocenters. The molecular formula is C21H22FN3O3. The number of hydrogen-bond donors (Lipinski definition) is 0. The van der Waals surface area contributed by atoms with Crippen molar-refractivity contribution in [3.05, 3.63) is 66.0 Å². The largest absolute Gasteiger partial charge is 0.337 e. The molecule has 7 heteroatoms. The Hall–Kier alpha value is -3.22. The van der Waals surface area contributed by atoms with Gasteiger partial charge in [-0.1, -0.05) is 30.3 Å². The van der Waals surface area contributed by atoms with Crippen LogP contribution in [0, 0.1) is 5.82 Å². The van der Waals surface area contributed by atoms with E-state index in [9.17, 15) is 18.8 Å². The first-order valence-corrected chi connectivity index (χ1v) is 9.02. The number of para-hydroxylation sites is 1. The maximum absolute atomic E-state index is 13.1. The van der Waals surface area contributed by atoms with Crippen molar-refractivity contribution in [3.8, 4) is 0 Å². The number of anilines is 1. The standard InChI is InChI=1S/C21H22FN3O3/c1-14(16-9-11-17(22)12-10-16)23(3)19(26)13-24-20(27)15(2)25(21(24)28)18-7-5-4-6-8-18/h4-12,14-15H,13H2,1-3H3/t14-,15+/m1/s1. The number of rotatable bonds is 5. The normalized spacial score (nSPS) is 17.8. The Kier molecular flexibility index (Phi) is 5.44. The minimum absolute atomic E-state index is 0.330. The molecular weight excluding hydrogens is 361 g/mol. The second-order valence-electron chi connectivity index (χ2n) is 6.82. The van der Waals surface area contributed by atoms with Crippen LogP contribution in [0.15, 0.2) is 54.6 Å². The van der Waals surface area contributed by atoms with E-state index in [0.717, 1.165) is 10.5 Å². The first-order chi connectivity index (χ1) is 13.3. The van der Waals surface area contributed by atoms with Gasteiger partial charge in [-0.2, -0.15) is 0 Å². The van der Waals surface area contributed by atoms with Gasteiger partial charge >= 0.3 is 6.03 Å². The third-order valence-electron chi connectivity index (χ3n) is 5.10. The molecule has 1 heterocycles. The molecule has 1 saturated heterocycles. The fourth-order valence-electron chi connectivity index (χ4n) is 3.22. The van der Waals surface area contributed by atoms with Crippen LogP contribution >= 0.6 is 0 Å². The van der Waals surface area contributed by atoms with E-state index in [2.05, 4.69) is 0 Å². The van der Waals surface area contributed by atoms with E-state index in [4.69, 9.17) is 0 Å². The van der Waals surface area contributed by atoms with E-state index in [1.54, 1.807) is 57.3 Å². The van der Waals surface area contributed by atoms with E-state index in [1.165, 1.54) is 21.9 Å². The van der Waals surface area contributed by atoms with Gasteiger partial charge in [0, 0.05) is 12.7 Å². The van der Waals surface area contributed by atoms with Crippen LogP contribution in [0.5, 0.6) is 0 Å². The molecule has 0 N–H and O–H groups in total. The van der Waals surface area contributed by atoms with Gasteiger partial charge in [-0.15, -0.1) is 0 Å². The van der Waals surface area contributed by atoms with Gasteiger partial charge in [0.05, 0.1) is 6.04 Å². The first-order valence-electron chi connectivity index (χ1n) is 9.02. The lowest BCUT2D eigenvalue weighted by Crippen LogP contribution is -2.43. The van der Waals surface area contributed by atoms with Gasteiger partial charge in [-0.05, 0) is 43.7 Å². The van der Waals surface area contributed by atoms with Crippen molar-refractivity contribution >= 4 is 23.5 Å². The number of halogens is 1. The molecule has 2 aromatic carbocycles. The Morgan fingerprint density at radius 2 is 1.71 bits per heavy atom. The molecule has 1 aliphatic rings. The van der Waals surface area contributed by atoms with Gasteiger partial charge < -0.3 is 4.90 Å². The number of benzene rings is 2. The highest BCUT2D eigenvalue weighted by Gasteiger charge is 2.44. The molecule has 146 valence electrons. The molecule has 0 unspecified atom stereocenters. The quantitative estimate of drug-likeness (QED) is 0.745. The molecule has 6 nitrogen and oxygen atoms in total. The van der Waals surface area contributed by atoms with Gasteiger partial charge in [-0.3, -0.25) is 19.4 Å². The zero-order valence-electron chi connectivity index (χ0n) is 16.0. The maximum atomic E-state index is 13.1. The summed E-state index contributed by atoms with van der Waals surface area (Å²) in [5.41, 5.74) is 1.37. The van der Waals surface area contributed by atoms with Gasteiger partial charge in [0.25, 0.3) is 5.91 Å². The van der Waals surface area contributed by atoms with Crippen LogP contribution in [-0.2, 0) is 9.59 Å². The SMILES string of the molecule is C[C@H](c1ccc(F)cc1)N(C)C(=O)CN1C(=O)[C@H](C)N(c2ccccc2)C1=O. The van der Waals surface area contributed by atoms with Crippen LogP contribution in [0.2, 0.25) is 0 Å². The molecule has 0 radical (unpaired) electrons. The van der Waals surface area contributed by atoms with Crippen molar-refractivity contribution in [1.82, 2.24) is 9.80 Å². The van der Waals surface area contributed by atoms with E-state index in [-0.39, 0.29) is 24.3 Å². The minimum Gasteiger partial charge on any atom is -0.337 e. The van der Waals surface area contributed by atoms with Crippen LogP contribution in [0.25, 0.3) is 0 Å². The molecule has 1 aliphatic heterocycles. The highest BCUT2D eigenvalue weighted by Crippen LogP contribution is 2.26. The number of hydrogen-bond acceptors (Lipinski definition) is 3. The van der Waals surface area contributed by atoms with Crippen molar-refractivity contribution in [2.24, 2.45) is 0 Å². The third-order valence-corrected chi connectivity index (χ3v) is 5.10. The molecule has 3 rings (SSSR count). The van der Waals surface area contributed by atoms with Crippen molar-refractivity contribution in [3.63, 3.8) is 0 Å². The lowest BCUT2D eigenvalue weighted by molar-refractivity contribution is -0.137. The monoisotopic (exact) mass is 383 g/mol.